The van der Waals surface area contributed by atoms with E-state index >= 15 is 0 Å². The molecule has 4 amide bonds. The molecule has 55 heavy (non-hydrogen) atoms. The van der Waals surface area contributed by atoms with Crippen molar-refractivity contribution in [3.05, 3.63) is 113 Å². The molecule has 0 saturated carbocycles. The minimum absolute atomic E-state index is 0.0137. The molecule has 288 valence electrons. The Morgan fingerprint density at radius 3 is 1.98 bits per heavy atom. The Morgan fingerprint density at radius 2 is 1.33 bits per heavy atom. The second-order valence-corrected chi connectivity index (χ2v) is 15.2. The van der Waals surface area contributed by atoms with Crippen molar-refractivity contribution in [3.63, 3.8) is 0 Å². The van der Waals surface area contributed by atoms with Crippen molar-refractivity contribution >= 4 is 35.0 Å². The van der Waals surface area contributed by atoms with Crippen LogP contribution in [0, 0.1) is 11.8 Å². The first kappa shape index (κ1) is 38.8. The summed E-state index contributed by atoms with van der Waals surface area (Å²) in [5, 5.41) is 21.3. The van der Waals surface area contributed by atoms with Crippen LogP contribution in [0.25, 0.3) is 0 Å². The van der Waals surface area contributed by atoms with E-state index in [1.807, 2.05) is 70.2 Å². The number of fused-ring (bicyclic) bond motifs is 6. The molecule has 2 heterocycles. The summed E-state index contributed by atoms with van der Waals surface area (Å²) >= 11 is 0. The maximum atomic E-state index is 14.2. The lowest BCUT2D eigenvalue weighted by atomic mass is 9.77. The zero-order chi connectivity index (χ0) is 39.4. The molecule has 0 bridgehead atoms. The molecule has 12 heteroatoms. The van der Waals surface area contributed by atoms with E-state index in [1.54, 1.807) is 30.3 Å². The van der Waals surface area contributed by atoms with Gasteiger partial charge in [0.1, 0.15) is 35.4 Å². The molecule has 4 aromatic carbocycles. The van der Waals surface area contributed by atoms with Crippen molar-refractivity contribution in [3.8, 4) is 17.2 Å². The molecule has 0 fully saturated rings. The van der Waals surface area contributed by atoms with Crippen LogP contribution in [0.4, 0.5) is 11.4 Å². The number of rotatable bonds is 13. The summed E-state index contributed by atoms with van der Waals surface area (Å²) in [7, 11) is 0. The van der Waals surface area contributed by atoms with E-state index < -0.39 is 41.4 Å². The molecule has 12 nitrogen and oxygen atoms in total. The van der Waals surface area contributed by atoms with Crippen LogP contribution in [0.2, 0.25) is 0 Å². The van der Waals surface area contributed by atoms with Crippen molar-refractivity contribution in [1.82, 2.24) is 16.0 Å². The summed E-state index contributed by atoms with van der Waals surface area (Å²) < 4.78 is 13.0. The van der Waals surface area contributed by atoms with Gasteiger partial charge in [0.25, 0.3) is 0 Å². The molecular weight excluding hydrogens is 699 g/mol. The molecule has 2 aliphatic heterocycles. The Labute approximate surface area is 321 Å². The average Bonchev–Trinajstić information content (AvgIpc) is 3.50. The molecule has 7 N–H and O–H groups in total. The number of benzene rings is 4. The van der Waals surface area contributed by atoms with E-state index in [9.17, 15) is 24.3 Å². The fourth-order valence-electron chi connectivity index (χ4n) is 7.35. The number of hydrogen-bond acceptors (Lipinski definition) is 8. The third kappa shape index (κ3) is 8.60. The molecular formula is C43H49N5O7. The molecule has 0 saturated heterocycles. The SMILES string of the molecule is CC(=O)N[C@@H](CC(C)C)C(=O)N[C@@H](CC(C)C)C(=O)N[C@@H](Cc1ccc(O)cc1)C(=O)Nc1ccc2c(c1)Oc1cc(N)ccc1C21OCc2ccccc21. The van der Waals surface area contributed by atoms with Gasteiger partial charge in [-0.15, -0.1) is 0 Å². The fraction of sp³-hybridized carbons (Fsp3) is 0.349. The highest BCUT2D eigenvalue weighted by Crippen LogP contribution is 2.56. The molecule has 0 radical (unpaired) electrons. The van der Waals surface area contributed by atoms with Crippen LogP contribution < -0.4 is 31.7 Å². The van der Waals surface area contributed by atoms with Crippen LogP contribution >= 0.6 is 0 Å². The highest BCUT2D eigenvalue weighted by Gasteiger charge is 2.49. The van der Waals surface area contributed by atoms with E-state index in [1.165, 1.54) is 19.1 Å². The van der Waals surface area contributed by atoms with Gasteiger partial charge in [0.05, 0.1) is 6.61 Å². The minimum Gasteiger partial charge on any atom is -0.508 e. The summed E-state index contributed by atoms with van der Waals surface area (Å²) in [5.74, 6) is -0.696. The number of nitrogens with two attached hydrogens (primary N) is 1. The smallest absolute Gasteiger partial charge is 0.247 e. The number of amides is 4. The average molecular weight is 748 g/mol. The highest BCUT2D eigenvalue weighted by molar-refractivity contribution is 5.99. The van der Waals surface area contributed by atoms with Gasteiger partial charge >= 0.3 is 0 Å². The third-order valence-electron chi connectivity index (χ3n) is 9.82. The Kier molecular flexibility index (Phi) is 11.5. The number of carbonyl (C=O) groups excluding carboxylic acids is 4. The van der Waals surface area contributed by atoms with Gasteiger partial charge in [-0.1, -0.05) is 64.1 Å². The number of anilines is 2. The Hall–Kier alpha value is -5.88. The fourth-order valence-corrected chi connectivity index (χ4v) is 7.35. The lowest BCUT2D eigenvalue weighted by Gasteiger charge is -2.37. The van der Waals surface area contributed by atoms with Crippen LogP contribution in [0.3, 0.4) is 0 Å². The Morgan fingerprint density at radius 1 is 0.727 bits per heavy atom. The zero-order valence-electron chi connectivity index (χ0n) is 31.8. The topological polar surface area (TPSA) is 181 Å². The van der Waals surface area contributed by atoms with E-state index in [4.69, 9.17) is 15.2 Å². The van der Waals surface area contributed by atoms with E-state index in [0.717, 1.165) is 22.3 Å². The maximum absolute atomic E-state index is 14.2. The van der Waals surface area contributed by atoms with Crippen LogP contribution in [0.5, 0.6) is 17.2 Å². The van der Waals surface area contributed by atoms with E-state index in [-0.39, 0.29) is 29.9 Å². The zero-order valence-corrected chi connectivity index (χ0v) is 31.8. The first-order valence-electron chi connectivity index (χ1n) is 18.6. The van der Waals surface area contributed by atoms with E-state index in [2.05, 4.69) is 21.3 Å². The summed E-state index contributed by atoms with van der Waals surface area (Å²) in [4.78, 5) is 53.5. The monoisotopic (exact) mass is 747 g/mol. The van der Waals surface area contributed by atoms with Crippen molar-refractivity contribution in [1.29, 1.82) is 0 Å². The van der Waals surface area contributed by atoms with Crippen LogP contribution in [-0.4, -0.2) is 46.9 Å². The normalized spacial score (nSPS) is 16.9. The second-order valence-electron chi connectivity index (χ2n) is 15.2. The van der Waals surface area contributed by atoms with Crippen molar-refractivity contribution < 1.29 is 33.8 Å². The standard InChI is InChI=1S/C43H49N5O7/c1-24(2)18-35(45-26(5)49)41(52)47-36(19-25(3)4)42(53)48-37(20-27-10-14-31(50)15-11-27)40(51)46-30-13-17-34-39(22-30)55-38-21-29(44)12-16-33(38)43(34)32-9-7-6-8-28(32)23-54-43/h6-17,21-22,24-25,35-37,50H,18-20,23,44H2,1-5H3,(H,45,49)(H,46,51)(H,47,52)(H,48,53)/t35-,36-,37-,43?/m0/s1. The number of hydrogen-bond donors (Lipinski definition) is 6. The molecule has 0 aliphatic carbocycles. The van der Waals surface area contributed by atoms with Gasteiger partial charge in [0.15, 0.2) is 5.60 Å². The van der Waals surface area contributed by atoms with Gasteiger partial charge in [-0.05, 0) is 77.8 Å². The predicted octanol–water partition coefficient (Wildman–Crippen LogP) is 5.65. The van der Waals surface area contributed by atoms with Crippen molar-refractivity contribution in [2.75, 3.05) is 11.1 Å². The molecule has 1 unspecified atom stereocenters. The first-order chi connectivity index (χ1) is 26.2. The van der Waals surface area contributed by atoms with Gasteiger partial charge in [-0.2, -0.15) is 0 Å². The van der Waals surface area contributed by atoms with Gasteiger partial charge in [0, 0.05) is 48.0 Å². The molecule has 4 atom stereocenters. The largest absolute Gasteiger partial charge is 0.508 e. The van der Waals surface area contributed by atoms with Crippen molar-refractivity contribution in [2.45, 2.75) is 84.2 Å². The molecule has 1 spiro atoms. The highest BCUT2D eigenvalue weighted by atomic mass is 16.5. The number of carbonyl (C=O) groups is 4. The predicted molar refractivity (Wildman–Crippen MR) is 209 cm³/mol. The van der Waals surface area contributed by atoms with E-state index in [0.29, 0.717) is 47.9 Å². The summed E-state index contributed by atoms with van der Waals surface area (Å²) in [6.07, 6.45) is 0.765. The number of aromatic hydroxyl groups is 1. The number of phenols is 1. The summed E-state index contributed by atoms with van der Waals surface area (Å²) in [6, 6.07) is 22.4. The second kappa shape index (κ2) is 16.2. The molecule has 4 aromatic rings. The third-order valence-corrected chi connectivity index (χ3v) is 9.82. The quantitative estimate of drug-likeness (QED) is 0.0950. The lowest BCUT2D eigenvalue weighted by molar-refractivity contribution is -0.133. The van der Waals surface area contributed by atoms with Crippen LogP contribution in [-0.2, 0) is 42.5 Å². The number of ether oxygens (including phenoxy) is 2. The molecule has 0 aromatic heterocycles. The summed E-state index contributed by atoms with van der Waals surface area (Å²) in [6.45, 7) is 9.48. The van der Waals surface area contributed by atoms with Crippen molar-refractivity contribution in [2.24, 2.45) is 11.8 Å². The minimum atomic E-state index is -1.08. The Bertz CT molecular complexity index is 2080. The van der Waals surface area contributed by atoms with Gasteiger partial charge in [0.2, 0.25) is 23.6 Å². The molecule has 2 aliphatic rings. The summed E-state index contributed by atoms with van der Waals surface area (Å²) in [5.41, 5.74) is 10.5. The van der Waals surface area contributed by atoms with Crippen LogP contribution in [0.1, 0.15) is 75.3 Å². The Balaban J connectivity index is 1.28. The number of nitrogen functional groups attached to an aromatic ring is 1. The first-order valence-corrected chi connectivity index (χ1v) is 18.6. The van der Waals surface area contributed by atoms with Gasteiger partial charge < -0.3 is 41.6 Å². The van der Waals surface area contributed by atoms with Gasteiger partial charge in [-0.25, -0.2) is 0 Å². The molecule has 6 rings (SSSR count). The van der Waals surface area contributed by atoms with Gasteiger partial charge in [-0.3, -0.25) is 19.2 Å². The lowest BCUT2D eigenvalue weighted by Crippen LogP contribution is -2.56. The van der Waals surface area contributed by atoms with Crippen LogP contribution in [0.15, 0.2) is 84.9 Å². The number of phenolic OH excluding ortho intramolecular Hbond substituents is 1. The maximum Gasteiger partial charge on any atom is 0.247 e. The number of nitrogens with one attached hydrogen (secondary N) is 4.